The number of anilines is 2. The number of amides is 1. The van der Waals surface area contributed by atoms with Crippen LogP contribution in [0, 0.1) is 6.92 Å². The quantitative estimate of drug-likeness (QED) is 0.912. The average Bonchev–Trinajstić information content (AvgIpc) is 2.68. The Kier molecular flexibility index (Phi) is 3.66. The van der Waals surface area contributed by atoms with Crippen molar-refractivity contribution < 1.29 is 4.79 Å². The topological polar surface area (TPSA) is 72.9 Å². The number of carbonyl (C=O) groups is 1. The molecule has 5 nitrogen and oxygen atoms in total. The van der Waals surface area contributed by atoms with Crippen LogP contribution in [0.1, 0.15) is 5.56 Å². The summed E-state index contributed by atoms with van der Waals surface area (Å²) in [6.07, 6.45) is 1.67. The molecule has 2 rings (SSSR count). The molecule has 0 bridgehead atoms. The van der Waals surface area contributed by atoms with Crippen LogP contribution >= 0.6 is 15.9 Å². The zero-order valence-corrected chi connectivity index (χ0v) is 11.4. The number of aryl methyl sites for hydroxylation is 1. The summed E-state index contributed by atoms with van der Waals surface area (Å²) in [4.78, 5) is 11.8. The molecule has 1 aromatic heterocycles. The molecule has 0 fully saturated rings. The number of aromatic nitrogens is 2. The maximum Gasteiger partial charge on any atom is 0.246 e. The van der Waals surface area contributed by atoms with E-state index in [1.165, 1.54) is 4.68 Å². The normalized spacial score (nSPS) is 10.3. The van der Waals surface area contributed by atoms with Gasteiger partial charge in [-0.3, -0.25) is 9.48 Å². The molecule has 2 aromatic rings. The molecule has 0 atom stereocenters. The van der Waals surface area contributed by atoms with Crippen molar-refractivity contribution in [2.24, 2.45) is 0 Å². The van der Waals surface area contributed by atoms with Gasteiger partial charge < -0.3 is 11.1 Å². The number of nitrogens with zero attached hydrogens (tertiary/aromatic N) is 2. The first-order valence-electron chi connectivity index (χ1n) is 5.39. The zero-order valence-electron chi connectivity index (χ0n) is 9.85. The molecular formula is C12H13BrN4O. The maximum atomic E-state index is 11.8. The summed E-state index contributed by atoms with van der Waals surface area (Å²) in [5, 5.41) is 6.76. The van der Waals surface area contributed by atoms with Crippen LogP contribution in [0.15, 0.2) is 34.9 Å². The van der Waals surface area contributed by atoms with Crippen LogP contribution in [0.5, 0.6) is 0 Å². The van der Waals surface area contributed by atoms with E-state index in [9.17, 15) is 4.79 Å². The molecule has 0 aliphatic carbocycles. The lowest BCUT2D eigenvalue weighted by atomic mass is 10.2. The van der Waals surface area contributed by atoms with E-state index in [1.54, 1.807) is 12.3 Å². The molecule has 0 aliphatic heterocycles. The van der Waals surface area contributed by atoms with Gasteiger partial charge in [0.1, 0.15) is 12.4 Å². The zero-order chi connectivity index (χ0) is 13.1. The van der Waals surface area contributed by atoms with Gasteiger partial charge in [0.25, 0.3) is 0 Å². The fraction of sp³-hybridized carbons (Fsp3) is 0.167. The number of nitrogens with two attached hydrogens (primary N) is 1. The molecule has 1 heterocycles. The Labute approximate surface area is 113 Å². The van der Waals surface area contributed by atoms with Gasteiger partial charge in [-0.25, -0.2) is 0 Å². The van der Waals surface area contributed by atoms with Crippen molar-refractivity contribution in [3.63, 3.8) is 0 Å². The summed E-state index contributed by atoms with van der Waals surface area (Å²) >= 11 is 3.41. The second kappa shape index (κ2) is 5.22. The van der Waals surface area contributed by atoms with Gasteiger partial charge in [-0.05, 0) is 46.6 Å². The Bertz CT molecular complexity index is 579. The third-order valence-corrected chi connectivity index (χ3v) is 3.02. The lowest BCUT2D eigenvalue weighted by molar-refractivity contribution is -0.116. The first-order chi connectivity index (χ1) is 8.54. The lowest BCUT2D eigenvalue weighted by Crippen LogP contribution is -2.19. The molecular weight excluding hydrogens is 296 g/mol. The lowest BCUT2D eigenvalue weighted by Gasteiger charge is -2.08. The van der Waals surface area contributed by atoms with E-state index >= 15 is 0 Å². The summed E-state index contributed by atoms with van der Waals surface area (Å²) in [5.41, 5.74) is 7.34. The van der Waals surface area contributed by atoms with Crippen LogP contribution in [-0.2, 0) is 11.3 Å². The van der Waals surface area contributed by atoms with E-state index in [2.05, 4.69) is 26.3 Å². The third-order valence-electron chi connectivity index (χ3n) is 2.37. The van der Waals surface area contributed by atoms with E-state index in [-0.39, 0.29) is 12.5 Å². The van der Waals surface area contributed by atoms with Crippen LogP contribution in [0.3, 0.4) is 0 Å². The van der Waals surface area contributed by atoms with Crippen molar-refractivity contribution in [3.8, 4) is 0 Å². The van der Waals surface area contributed by atoms with Gasteiger partial charge in [0, 0.05) is 10.7 Å². The van der Waals surface area contributed by atoms with Gasteiger partial charge >= 0.3 is 0 Å². The predicted octanol–water partition coefficient (Wildman–Crippen LogP) is 2.17. The van der Waals surface area contributed by atoms with E-state index in [1.807, 2.05) is 25.1 Å². The molecule has 0 spiro atoms. The van der Waals surface area contributed by atoms with Crippen molar-refractivity contribution in [2.75, 3.05) is 11.1 Å². The molecule has 1 aromatic carbocycles. The van der Waals surface area contributed by atoms with Gasteiger partial charge in [-0.15, -0.1) is 0 Å². The molecule has 3 N–H and O–H groups in total. The SMILES string of the molecule is Cc1ccc(NC(=O)Cn2ccc(N)n2)c(Br)c1. The van der Waals surface area contributed by atoms with E-state index in [0.717, 1.165) is 15.7 Å². The van der Waals surface area contributed by atoms with E-state index < -0.39 is 0 Å². The van der Waals surface area contributed by atoms with Crippen molar-refractivity contribution in [1.82, 2.24) is 9.78 Å². The fourth-order valence-electron chi connectivity index (χ4n) is 1.52. The van der Waals surface area contributed by atoms with Gasteiger partial charge in [0.15, 0.2) is 0 Å². The number of nitrogen functional groups attached to an aromatic ring is 1. The first-order valence-corrected chi connectivity index (χ1v) is 6.19. The predicted molar refractivity (Wildman–Crippen MR) is 74.1 cm³/mol. The van der Waals surface area contributed by atoms with Gasteiger partial charge in [-0.1, -0.05) is 6.07 Å². The monoisotopic (exact) mass is 308 g/mol. The largest absolute Gasteiger partial charge is 0.382 e. The molecule has 6 heteroatoms. The summed E-state index contributed by atoms with van der Waals surface area (Å²) in [7, 11) is 0. The Morgan fingerprint density at radius 3 is 2.89 bits per heavy atom. The minimum absolute atomic E-state index is 0.136. The summed E-state index contributed by atoms with van der Waals surface area (Å²) in [6, 6.07) is 7.39. The smallest absolute Gasteiger partial charge is 0.246 e. The first kappa shape index (κ1) is 12.6. The number of benzene rings is 1. The summed E-state index contributed by atoms with van der Waals surface area (Å²) in [5.74, 6) is 0.252. The number of hydrogen-bond donors (Lipinski definition) is 2. The van der Waals surface area contributed by atoms with Crippen molar-refractivity contribution in [2.45, 2.75) is 13.5 Å². The highest BCUT2D eigenvalue weighted by Gasteiger charge is 2.07. The van der Waals surface area contributed by atoms with Crippen LogP contribution < -0.4 is 11.1 Å². The minimum atomic E-state index is -0.150. The van der Waals surface area contributed by atoms with E-state index in [4.69, 9.17) is 5.73 Å². The summed E-state index contributed by atoms with van der Waals surface area (Å²) < 4.78 is 2.35. The van der Waals surface area contributed by atoms with Crippen molar-refractivity contribution >= 4 is 33.3 Å². The Morgan fingerprint density at radius 1 is 1.50 bits per heavy atom. The molecule has 18 heavy (non-hydrogen) atoms. The summed E-state index contributed by atoms with van der Waals surface area (Å²) in [6.45, 7) is 2.13. The molecule has 0 unspecified atom stereocenters. The second-order valence-electron chi connectivity index (χ2n) is 3.97. The van der Waals surface area contributed by atoms with Crippen molar-refractivity contribution in [1.29, 1.82) is 0 Å². The van der Waals surface area contributed by atoms with Gasteiger partial charge in [0.2, 0.25) is 5.91 Å². The Hall–Kier alpha value is -1.82. The molecule has 0 radical (unpaired) electrons. The van der Waals surface area contributed by atoms with Crippen LogP contribution in [0.25, 0.3) is 0 Å². The number of carbonyl (C=O) groups excluding carboxylic acids is 1. The maximum absolute atomic E-state index is 11.8. The second-order valence-corrected chi connectivity index (χ2v) is 4.82. The highest BCUT2D eigenvalue weighted by Crippen LogP contribution is 2.23. The highest BCUT2D eigenvalue weighted by molar-refractivity contribution is 9.10. The standard InChI is InChI=1S/C12H13BrN4O/c1-8-2-3-10(9(13)6-8)15-12(18)7-17-5-4-11(14)16-17/h2-6H,7H2,1H3,(H2,14,16)(H,15,18). The number of halogens is 1. The molecule has 0 aliphatic rings. The van der Waals surface area contributed by atoms with Crippen molar-refractivity contribution in [3.05, 3.63) is 40.5 Å². The van der Waals surface area contributed by atoms with Crippen LogP contribution in [0.2, 0.25) is 0 Å². The number of nitrogens with one attached hydrogen (secondary N) is 1. The van der Waals surface area contributed by atoms with Crippen LogP contribution in [-0.4, -0.2) is 15.7 Å². The van der Waals surface area contributed by atoms with E-state index in [0.29, 0.717) is 5.82 Å². The Morgan fingerprint density at radius 2 is 2.28 bits per heavy atom. The average molecular weight is 309 g/mol. The fourth-order valence-corrected chi connectivity index (χ4v) is 2.12. The number of hydrogen-bond acceptors (Lipinski definition) is 3. The minimum Gasteiger partial charge on any atom is -0.382 e. The Balaban J connectivity index is 2.03. The highest BCUT2D eigenvalue weighted by atomic mass is 79.9. The molecule has 0 saturated carbocycles. The molecule has 94 valence electrons. The molecule has 1 amide bonds. The van der Waals surface area contributed by atoms with Gasteiger partial charge in [-0.2, -0.15) is 5.10 Å². The third kappa shape index (κ3) is 3.10. The number of rotatable bonds is 3. The molecule has 0 saturated heterocycles. The van der Waals surface area contributed by atoms with Crippen LogP contribution in [0.4, 0.5) is 11.5 Å². The van der Waals surface area contributed by atoms with Gasteiger partial charge in [0.05, 0.1) is 5.69 Å².